The number of guanidine groups is 1. The summed E-state index contributed by atoms with van der Waals surface area (Å²) in [6.45, 7) is 1.82. The van der Waals surface area contributed by atoms with Gasteiger partial charge in [-0.3, -0.25) is 4.99 Å². The first kappa shape index (κ1) is 24.5. The number of aryl methyl sites for hydroxylation is 1. The quantitative estimate of drug-likeness (QED) is 0.323. The van der Waals surface area contributed by atoms with E-state index in [2.05, 4.69) is 30.6 Å². The Balaban J connectivity index is 0.00000320. The van der Waals surface area contributed by atoms with Crippen LogP contribution in [0.5, 0.6) is 0 Å². The average Bonchev–Trinajstić information content (AvgIpc) is 3.10. The molecule has 2 N–H and O–H groups in total. The van der Waals surface area contributed by atoms with Gasteiger partial charge in [0.05, 0.1) is 12.6 Å². The summed E-state index contributed by atoms with van der Waals surface area (Å²) >= 11 is 0. The number of benzene rings is 1. The number of hydrogen-bond donors (Lipinski definition) is 2. The molecular formula is C20H31FIN7O. The van der Waals surface area contributed by atoms with E-state index in [4.69, 9.17) is 4.74 Å². The number of likely N-dealkylation sites (N-methyl/N-ethyl adjacent to an activating group) is 1. The van der Waals surface area contributed by atoms with Crippen molar-refractivity contribution in [2.24, 2.45) is 4.99 Å². The molecule has 0 fully saturated rings. The fraction of sp³-hybridized carbons (Fsp3) is 0.550. The summed E-state index contributed by atoms with van der Waals surface area (Å²) in [6, 6.07) is 6.95. The standard InChI is InChI=1S/C20H30FN7O.HI/c1-22-20(23-11-17(27(2)3)14-5-7-15(21)8-6-14)24-16-9-10-19-25-18(13-29-4)26-28(19)12-16;/h5-8,16-17H,9-13H2,1-4H3,(H2,22,23,24);1H. The van der Waals surface area contributed by atoms with E-state index in [0.29, 0.717) is 13.2 Å². The number of nitrogens with one attached hydrogen (secondary N) is 2. The summed E-state index contributed by atoms with van der Waals surface area (Å²) in [5.74, 6) is 2.24. The van der Waals surface area contributed by atoms with Crippen molar-refractivity contribution in [2.75, 3.05) is 34.8 Å². The highest BCUT2D eigenvalue weighted by Crippen LogP contribution is 2.18. The first-order valence-corrected chi connectivity index (χ1v) is 9.80. The van der Waals surface area contributed by atoms with Gasteiger partial charge >= 0.3 is 0 Å². The summed E-state index contributed by atoms with van der Waals surface area (Å²) in [7, 11) is 7.43. The molecule has 1 aliphatic rings. The van der Waals surface area contributed by atoms with Crippen molar-refractivity contribution in [1.29, 1.82) is 0 Å². The summed E-state index contributed by atoms with van der Waals surface area (Å²) in [5.41, 5.74) is 1.05. The summed E-state index contributed by atoms with van der Waals surface area (Å²) < 4.78 is 20.3. The Morgan fingerprint density at radius 1 is 1.37 bits per heavy atom. The molecule has 0 amide bonds. The van der Waals surface area contributed by atoms with Crippen LogP contribution in [-0.2, 0) is 24.3 Å². The highest BCUT2D eigenvalue weighted by molar-refractivity contribution is 14.0. The fourth-order valence-electron chi connectivity index (χ4n) is 3.53. The smallest absolute Gasteiger partial charge is 0.191 e. The lowest BCUT2D eigenvalue weighted by Gasteiger charge is -2.28. The number of hydrogen-bond acceptors (Lipinski definition) is 5. The Kier molecular flexibility index (Phi) is 9.43. The highest BCUT2D eigenvalue weighted by atomic mass is 127. The molecule has 0 spiro atoms. The van der Waals surface area contributed by atoms with E-state index in [1.807, 2.05) is 30.9 Å². The van der Waals surface area contributed by atoms with Gasteiger partial charge in [0.15, 0.2) is 11.8 Å². The van der Waals surface area contributed by atoms with Crippen molar-refractivity contribution in [2.45, 2.75) is 38.1 Å². The zero-order valence-corrected chi connectivity index (χ0v) is 20.3. The van der Waals surface area contributed by atoms with E-state index < -0.39 is 0 Å². The van der Waals surface area contributed by atoms with Gasteiger partial charge < -0.3 is 20.3 Å². The molecular weight excluding hydrogens is 500 g/mol. The number of halogens is 2. The molecule has 0 saturated carbocycles. The third kappa shape index (κ3) is 6.35. The minimum atomic E-state index is -0.227. The summed E-state index contributed by atoms with van der Waals surface area (Å²) in [5, 5.41) is 11.4. The fourth-order valence-corrected chi connectivity index (χ4v) is 3.53. The van der Waals surface area contributed by atoms with Crippen molar-refractivity contribution >= 4 is 29.9 Å². The van der Waals surface area contributed by atoms with Crippen LogP contribution in [0.15, 0.2) is 29.3 Å². The number of aromatic nitrogens is 3. The lowest BCUT2D eigenvalue weighted by atomic mass is 10.1. The van der Waals surface area contributed by atoms with Crippen LogP contribution in [0.2, 0.25) is 0 Å². The van der Waals surface area contributed by atoms with Crippen molar-refractivity contribution < 1.29 is 9.13 Å². The monoisotopic (exact) mass is 531 g/mol. The van der Waals surface area contributed by atoms with Crippen LogP contribution in [-0.4, -0.2) is 66.5 Å². The second-order valence-corrected chi connectivity index (χ2v) is 7.42. The molecule has 30 heavy (non-hydrogen) atoms. The summed E-state index contributed by atoms with van der Waals surface area (Å²) in [4.78, 5) is 11.0. The van der Waals surface area contributed by atoms with Crippen molar-refractivity contribution in [3.8, 4) is 0 Å². The van der Waals surface area contributed by atoms with Gasteiger partial charge in [-0.15, -0.1) is 24.0 Å². The van der Waals surface area contributed by atoms with E-state index in [1.165, 1.54) is 12.1 Å². The predicted molar refractivity (Wildman–Crippen MR) is 126 cm³/mol. The Bertz CT molecular complexity index is 825. The Hall–Kier alpha value is -1.79. The van der Waals surface area contributed by atoms with Gasteiger partial charge in [0.25, 0.3) is 0 Å². The third-order valence-electron chi connectivity index (χ3n) is 5.08. The number of nitrogens with zero attached hydrogens (tertiary/aromatic N) is 5. The second-order valence-electron chi connectivity index (χ2n) is 7.42. The maximum Gasteiger partial charge on any atom is 0.191 e. The van der Waals surface area contributed by atoms with Crippen molar-refractivity contribution in [3.05, 3.63) is 47.3 Å². The maximum atomic E-state index is 13.3. The van der Waals surface area contributed by atoms with E-state index in [-0.39, 0.29) is 41.9 Å². The van der Waals surface area contributed by atoms with Gasteiger partial charge in [-0.05, 0) is 38.2 Å². The Morgan fingerprint density at radius 2 is 2.10 bits per heavy atom. The van der Waals surface area contributed by atoms with Gasteiger partial charge in [0.2, 0.25) is 0 Å². The maximum absolute atomic E-state index is 13.3. The molecule has 1 aromatic carbocycles. The van der Waals surface area contributed by atoms with Crippen molar-refractivity contribution in [3.63, 3.8) is 0 Å². The van der Waals surface area contributed by atoms with E-state index in [9.17, 15) is 4.39 Å². The molecule has 0 aliphatic carbocycles. The molecule has 166 valence electrons. The molecule has 1 aliphatic heterocycles. The zero-order chi connectivity index (χ0) is 20.8. The van der Waals surface area contributed by atoms with Crippen LogP contribution in [0.25, 0.3) is 0 Å². The topological polar surface area (TPSA) is 79.6 Å². The van der Waals surface area contributed by atoms with E-state index in [1.54, 1.807) is 14.2 Å². The SMILES string of the molecule is CN=C(NCC(c1ccc(F)cc1)N(C)C)NC1CCc2nc(COC)nn2C1.I. The number of rotatable bonds is 7. The first-order chi connectivity index (χ1) is 14.0. The predicted octanol–water partition coefficient (Wildman–Crippen LogP) is 1.96. The molecule has 2 aromatic rings. The van der Waals surface area contributed by atoms with Gasteiger partial charge in [0, 0.05) is 33.2 Å². The zero-order valence-electron chi connectivity index (χ0n) is 17.9. The number of aliphatic imine (C=N–C) groups is 1. The Labute approximate surface area is 194 Å². The van der Waals surface area contributed by atoms with Crippen LogP contribution in [0.3, 0.4) is 0 Å². The van der Waals surface area contributed by atoms with Crippen LogP contribution >= 0.6 is 24.0 Å². The minimum absolute atomic E-state index is 0. The molecule has 2 heterocycles. The highest BCUT2D eigenvalue weighted by Gasteiger charge is 2.23. The molecule has 0 bridgehead atoms. The molecule has 3 rings (SSSR count). The Morgan fingerprint density at radius 3 is 2.73 bits per heavy atom. The van der Waals surface area contributed by atoms with Gasteiger partial charge in [-0.25, -0.2) is 14.1 Å². The average molecular weight is 531 g/mol. The molecule has 8 nitrogen and oxygen atoms in total. The summed E-state index contributed by atoms with van der Waals surface area (Å²) in [6.07, 6.45) is 1.82. The first-order valence-electron chi connectivity index (χ1n) is 9.80. The van der Waals surface area contributed by atoms with E-state index in [0.717, 1.165) is 42.6 Å². The van der Waals surface area contributed by atoms with Gasteiger partial charge in [0.1, 0.15) is 18.2 Å². The van der Waals surface area contributed by atoms with Crippen LogP contribution in [0, 0.1) is 5.82 Å². The normalized spacial score (nSPS) is 17.3. The second kappa shape index (κ2) is 11.6. The molecule has 0 radical (unpaired) electrons. The number of ether oxygens (including phenoxy) is 1. The minimum Gasteiger partial charge on any atom is -0.377 e. The van der Waals surface area contributed by atoms with Crippen molar-refractivity contribution in [1.82, 2.24) is 30.3 Å². The third-order valence-corrected chi connectivity index (χ3v) is 5.08. The number of fused-ring (bicyclic) bond motifs is 1. The van der Waals surface area contributed by atoms with Crippen LogP contribution < -0.4 is 10.6 Å². The largest absolute Gasteiger partial charge is 0.377 e. The lowest BCUT2D eigenvalue weighted by Crippen LogP contribution is -2.48. The number of methoxy groups -OCH3 is 1. The van der Waals surface area contributed by atoms with Crippen LogP contribution in [0.1, 0.15) is 29.7 Å². The van der Waals surface area contributed by atoms with E-state index >= 15 is 0 Å². The lowest BCUT2D eigenvalue weighted by molar-refractivity contribution is 0.177. The van der Waals surface area contributed by atoms with Crippen LogP contribution in [0.4, 0.5) is 4.39 Å². The molecule has 2 atom stereocenters. The molecule has 1 aromatic heterocycles. The molecule has 0 saturated heterocycles. The molecule has 10 heteroatoms. The molecule has 2 unspecified atom stereocenters. The van der Waals surface area contributed by atoms with Gasteiger partial charge in [-0.2, -0.15) is 5.10 Å². The van der Waals surface area contributed by atoms with Gasteiger partial charge in [-0.1, -0.05) is 12.1 Å².